The fourth-order valence-corrected chi connectivity index (χ4v) is 4.41. The summed E-state index contributed by atoms with van der Waals surface area (Å²) in [5.74, 6) is -1.41. The van der Waals surface area contributed by atoms with Crippen LogP contribution >= 0.6 is 27.7 Å². The molecule has 0 bridgehead atoms. The largest absolute Gasteiger partial charge is 0.449 e. The van der Waals surface area contributed by atoms with Crippen LogP contribution in [0.2, 0.25) is 0 Å². The zero-order valence-corrected chi connectivity index (χ0v) is 21.4. The summed E-state index contributed by atoms with van der Waals surface area (Å²) < 4.78 is 6.50. The Kier molecular flexibility index (Phi) is 7.83. The summed E-state index contributed by atoms with van der Waals surface area (Å²) in [6, 6.07) is 16.0. The van der Waals surface area contributed by atoms with Gasteiger partial charge in [0.2, 0.25) is 11.7 Å². The van der Waals surface area contributed by atoms with Crippen molar-refractivity contribution in [3.63, 3.8) is 0 Å². The van der Waals surface area contributed by atoms with Crippen LogP contribution < -0.4 is 10.1 Å². The topological polar surface area (TPSA) is 162 Å². The van der Waals surface area contributed by atoms with Crippen LogP contribution in [-0.2, 0) is 9.59 Å². The quantitative estimate of drug-likeness (QED) is 0.194. The van der Waals surface area contributed by atoms with Crippen LogP contribution in [0.25, 0.3) is 6.08 Å². The van der Waals surface area contributed by atoms with Crippen LogP contribution in [0.3, 0.4) is 0 Å². The number of non-ortho nitro benzene ring substituents is 1. The molecule has 1 heterocycles. The molecule has 3 aromatic carbocycles. The number of imide groups is 1. The van der Waals surface area contributed by atoms with Crippen LogP contribution in [-0.4, -0.2) is 38.3 Å². The van der Waals surface area contributed by atoms with Gasteiger partial charge in [0.1, 0.15) is 12.3 Å². The van der Waals surface area contributed by atoms with Gasteiger partial charge in [-0.1, -0.05) is 34.1 Å². The average Bonchev–Trinajstić information content (AvgIpc) is 3.13. The van der Waals surface area contributed by atoms with Crippen molar-refractivity contribution in [3.8, 4) is 11.5 Å². The van der Waals surface area contributed by atoms with Gasteiger partial charge in [-0.3, -0.25) is 39.5 Å². The van der Waals surface area contributed by atoms with E-state index in [4.69, 9.17) is 4.74 Å². The smallest absolute Gasteiger partial charge is 0.318 e. The van der Waals surface area contributed by atoms with Gasteiger partial charge in [0, 0.05) is 21.8 Å². The molecule has 4 rings (SSSR count). The number of nitrogens with zero attached hydrogens (tertiary/aromatic N) is 3. The molecular formula is C24H15BrN4O8S. The van der Waals surface area contributed by atoms with Crippen molar-refractivity contribution < 1.29 is 29.0 Å². The number of nitro benzene ring substituents is 2. The third-order valence-corrected chi connectivity index (χ3v) is 6.51. The van der Waals surface area contributed by atoms with Gasteiger partial charge in [0.05, 0.1) is 20.8 Å². The zero-order chi connectivity index (χ0) is 27.4. The van der Waals surface area contributed by atoms with Crippen LogP contribution in [0.15, 0.2) is 76.1 Å². The Morgan fingerprint density at radius 3 is 2.39 bits per heavy atom. The molecule has 0 saturated carbocycles. The van der Waals surface area contributed by atoms with Crippen molar-refractivity contribution in [1.82, 2.24) is 4.90 Å². The predicted octanol–water partition coefficient (Wildman–Crippen LogP) is 5.73. The number of ether oxygens (including phenoxy) is 1. The number of anilines is 1. The molecule has 3 aromatic rings. The Balaban J connectivity index is 1.54. The number of carbonyl (C=O) groups excluding carboxylic acids is 3. The zero-order valence-electron chi connectivity index (χ0n) is 19.0. The number of amides is 3. The van der Waals surface area contributed by atoms with E-state index in [-0.39, 0.29) is 16.4 Å². The Hall–Kier alpha value is -4.56. The first-order chi connectivity index (χ1) is 18.1. The summed E-state index contributed by atoms with van der Waals surface area (Å²) in [6.07, 6.45) is 1.37. The van der Waals surface area contributed by atoms with Gasteiger partial charge in [-0.05, 0) is 54.2 Å². The molecule has 0 radical (unpaired) electrons. The van der Waals surface area contributed by atoms with E-state index in [0.717, 1.165) is 27.6 Å². The van der Waals surface area contributed by atoms with Gasteiger partial charge in [-0.25, -0.2) is 0 Å². The molecule has 12 nitrogen and oxygen atoms in total. The van der Waals surface area contributed by atoms with Crippen LogP contribution in [0.5, 0.6) is 11.5 Å². The number of hydrogen-bond donors (Lipinski definition) is 1. The van der Waals surface area contributed by atoms with Gasteiger partial charge in [0.15, 0.2) is 0 Å². The Morgan fingerprint density at radius 1 is 1.00 bits per heavy atom. The summed E-state index contributed by atoms with van der Waals surface area (Å²) in [5, 5.41) is 24.4. The molecule has 0 aliphatic carbocycles. The molecule has 14 heteroatoms. The fourth-order valence-electron chi connectivity index (χ4n) is 3.31. The molecule has 1 fully saturated rings. The lowest BCUT2D eigenvalue weighted by atomic mass is 10.1. The van der Waals surface area contributed by atoms with E-state index in [2.05, 4.69) is 21.2 Å². The van der Waals surface area contributed by atoms with Gasteiger partial charge in [0.25, 0.3) is 16.8 Å². The second-order valence-corrected chi connectivity index (χ2v) is 9.54. The molecule has 0 aromatic heterocycles. The van der Waals surface area contributed by atoms with Crippen molar-refractivity contribution >= 4 is 67.9 Å². The molecule has 0 unspecified atom stereocenters. The standard InChI is InChI=1S/C24H15BrN4O8S/c25-15-5-7-16(8-6-15)26-22(30)13-27-23(31)21(38-24(27)32)11-14-3-1-2-4-19(14)37-20-10-9-17(28(33)34)12-18(20)29(35)36/h1-12H,13H2,(H,26,30)/b21-11+. The molecule has 38 heavy (non-hydrogen) atoms. The fraction of sp³-hybridized carbons (Fsp3) is 0.0417. The number of nitro groups is 2. The third-order valence-electron chi connectivity index (χ3n) is 5.08. The second-order valence-electron chi connectivity index (χ2n) is 7.63. The normalized spacial score (nSPS) is 14.0. The highest BCUT2D eigenvalue weighted by molar-refractivity contribution is 9.10. The number of rotatable bonds is 8. The van der Waals surface area contributed by atoms with Crippen molar-refractivity contribution in [1.29, 1.82) is 0 Å². The number of benzene rings is 3. The molecule has 0 spiro atoms. The molecule has 1 aliphatic heterocycles. The second kappa shape index (κ2) is 11.2. The van der Waals surface area contributed by atoms with Crippen molar-refractivity contribution in [3.05, 3.63) is 102 Å². The van der Waals surface area contributed by atoms with E-state index in [1.807, 2.05) is 0 Å². The summed E-state index contributed by atoms with van der Waals surface area (Å²) in [6.45, 7) is -0.495. The highest BCUT2D eigenvalue weighted by Crippen LogP contribution is 2.38. The SMILES string of the molecule is O=C(CN1C(=O)S/C(=C/c2ccccc2Oc2ccc([N+](=O)[O-])cc2[N+](=O)[O-])C1=O)Nc1ccc(Br)cc1. The maximum absolute atomic E-state index is 12.9. The Morgan fingerprint density at radius 2 is 1.71 bits per heavy atom. The van der Waals surface area contributed by atoms with E-state index >= 15 is 0 Å². The number of halogens is 1. The van der Waals surface area contributed by atoms with E-state index in [1.54, 1.807) is 42.5 Å². The lowest BCUT2D eigenvalue weighted by molar-refractivity contribution is -0.394. The molecular weight excluding hydrogens is 584 g/mol. The van der Waals surface area contributed by atoms with Gasteiger partial charge >= 0.3 is 5.69 Å². The number of carbonyl (C=O) groups is 3. The monoisotopic (exact) mass is 598 g/mol. The molecule has 3 amide bonds. The van der Waals surface area contributed by atoms with E-state index in [1.165, 1.54) is 12.1 Å². The summed E-state index contributed by atoms with van der Waals surface area (Å²) in [5.41, 5.74) is -0.293. The van der Waals surface area contributed by atoms with Gasteiger partial charge in [-0.15, -0.1) is 0 Å². The van der Waals surface area contributed by atoms with E-state index < -0.39 is 44.8 Å². The maximum Gasteiger partial charge on any atom is 0.318 e. The highest BCUT2D eigenvalue weighted by Gasteiger charge is 2.36. The van der Waals surface area contributed by atoms with Gasteiger partial charge in [-0.2, -0.15) is 0 Å². The lowest BCUT2D eigenvalue weighted by Crippen LogP contribution is -2.36. The van der Waals surface area contributed by atoms with Crippen LogP contribution in [0.4, 0.5) is 21.9 Å². The molecule has 0 atom stereocenters. The average molecular weight is 599 g/mol. The van der Waals surface area contributed by atoms with E-state index in [9.17, 15) is 34.6 Å². The minimum absolute atomic E-state index is 0.0145. The van der Waals surface area contributed by atoms with Gasteiger partial charge < -0.3 is 10.1 Å². The van der Waals surface area contributed by atoms with Crippen molar-refractivity contribution in [2.24, 2.45) is 0 Å². The number of hydrogen-bond acceptors (Lipinski definition) is 9. The minimum atomic E-state index is -0.810. The predicted molar refractivity (Wildman–Crippen MR) is 142 cm³/mol. The first kappa shape index (κ1) is 26.5. The minimum Gasteiger partial charge on any atom is -0.449 e. The molecule has 192 valence electrons. The van der Waals surface area contributed by atoms with Crippen molar-refractivity contribution in [2.75, 3.05) is 11.9 Å². The Labute approximate surface area is 226 Å². The number of para-hydroxylation sites is 1. The number of nitrogens with one attached hydrogen (secondary N) is 1. The Bertz CT molecular complexity index is 1510. The van der Waals surface area contributed by atoms with E-state index in [0.29, 0.717) is 23.0 Å². The molecule has 1 aliphatic rings. The summed E-state index contributed by atoms with van der Waals surface area (Å²) in [4.78, 5) is 59.5. The van der Waals surface area contributed by atoms with Crippen LogP contribution in [0.1, 0.15) is 5.56 Å². The maximum atomic E-state index is 12.9. The highest BCUT2D eigenvalue weighted by atomic mass is 79.9. The summed E-state index contributed by atoms with van der Waals surface area (Å²) in [7, 11) is 0. The third kappa shape index (κ3) is 6.04. The van der Waals surface area contributed by atoms with Crippen LogP contribution in [0, 0.1) is 20.2 Å². The molecule has 1 N–H and O–H groups in total. The first-order valence-corrected chi connectivity index (χ1v) is 12.2. The molecule has 1 saturated heterocycles. The summed E-state index contributed by atoms with van der Waals surface area (Å²) >= 11 is 3.92. The lowest BCUT2D eigenvalue weighted by Gasteiger charge is -2.12. The first-order valence-electron chi connectivity index (χ1n) is 10.6. The van der Waals surface area contributed by atoms with Crippen molar-refractivity contribution in [2.45, 2.75) is 0 Å². The number of thioether (sulfide) groups is 1.